The van der Waals surface area contributed by atoms with Crippen LogP contribution in [-0.2, 0) is 14.8 Å². The summed E-state index contributed by atoms with van der Waals surface area (Å²) in [5, 5.41) is 0. The Hall–Kier alpha value is -1.11. The van der Waals surface area contributed by atoms with E-state index < -0.39 is 10.0 Å². The Bertz CT molecular complexity index is 628. The van der Waals surface area contributed by atoms with Crippen LogP contribution < -0.4 is 4.74 Å². The van der Waals surface area contributed by atoms with Crippen molar-refractivity contribution in [3.63, 3.8) is 0 Å². The van der Waals surface area contributed by atoms with Crippen molar-refractivity contribution in [2.45, 2.75) is 37.2 Å². The summed E-state index contributed by atoms with van der Waals surface area (Å²) in [4.78, 5) is 0.343. The van der Waals surface area contributed by atoms with Gasteiger partial charge in [-0.25, -0.2) is 8.42 Å². The average Bonchev–Trinajstić information content (AvgIpc) is 3.14. The molecule has 0 N–H and O–H groups in total. The van der Waals surface area contributed by atoms with E-state index in [0.717, 1.165) is 19.3 Å². The van der Waals surface area contributed by atoms with Crippen molar-refractivity contribution in [1.29, 1.82) is 0 Å². The Morgan fingerprint density at radius 2 is 1.91 bits per heavy atom. The van der Waals surface area contributed by atoms with Crippen LogP contribution in [0.25, 0.3) is 0 Å². The predicted molar refractivity (Wildman–Crippen MR) is 88.0 cm³/mol. The van der Waals surface area contributed by atoms with Crippen LogP contribution in [0.4, 0.5) is 0 Å². The largest absolute Gasteiger partial charge is 0.494 e. The minimum Gasteiger partial charge on any atom is -0.494 e. The molecule has 1 saturated heterocycles. The fourth-order valence-electron chi connectivity index (χ4n) is 3.74. The highest BCUT2D eigenvalue weighted by molar-refractivity contribution is 7.89. The van der Waals surface area contributed by atoms with Crippen molar-refractivity contribution < 1.29 is 17.9 Å². The summed E-state index contributed by atoms with van der Waals surface area (Å²) in [6, 6.07) is 6.75. The van der Waals surface area contributed by atoms with Gasteiger partial charge in [0, 0.05) is 26.1 Å². The zero-order chi connectivity index (χ0) is 16.4. The van der Waals surface area contributed by atoms with Gasteiger partial charge in [-0.3, -0.25) is 0 Å². The Labute approximate surface area is 138 Å². The lowest BCUT2D eigenvalue weighted by Crippen LogP contribution is -2.31. The average molecular weight is 339 g/mol. The van der Waals surface area contributed by atoms with E-state index in [1.54, 1.807) is 35.7 Å². The number of rotatable bonds is 6. The Kier molecular flexibility index (Phi) is 4.94. The van der Waals surface area contributed by atoms with E-state index in [4.69, 9.17) is 9.47 Å². The summed E-state index contributed by atoms with van der Waals surface area (Å²) in [7, 11) is -1.71. The predicted octanol–water partition coefficient (Wildman–Crippen LogP) is 2.52. The van der Waals surface area contributed by atoms with Crippen LogP contribution in [0.1, 0.15) is 26.2 Å². The van der Waals surface area contributed by atoms with E-state index in [0.29, 0.717) is 42.2 Å². The molecule has 0 aromatic heterocycles. The van der Waals surface area contributed by atoms with Crippen LogP contribution in [-0.4, -0.2) is 45.6 Å². The topological polar surface area (TPSA) is 55.8 Å². The molecule has 0 bridgehead atoms. The van der Waals surface area contributed by atoms with Gasteiger partial charge in [0.05, 0.1) is 17.6 Å². The lowest BCUT2D eigenvalue weighted by atomic mass is 9.99. The lowest BCUT2D eigenvalue weighted by molar-refractivity contribution is 0.0694. The monoisotopic (exact) mass is 339 g/mol. The molecule has 0 amide bonds. The van der Waals surface area contributed by atoms with E-state index in [9.17, 15) is 8.42 Å². The maximum atomic E-state index is 12.8. The molecular formula is C17H25NO4S. The van der Waals surface area contributed by atoms with Gasteiger partial charge in [0.1, 0.15) is 5.75 Å². The first-order chi connectivity index (χ1) is 11.1. The van der Waals surface area contributed by atoms with Crippen LogP contribution >= 0.6 is 0 Å². The van der Waals surface area contributed by atoms with Crippen LogP contribution in [0, 0.1) is 11.8 Å². The highest BCUT2D eigenvalue weighted by Gasteiger charge is 2.46. The van der Waals surface area contributed by atoms with Crippen LogP contribution in [0.3, 0.4) is 0 Å². The summed E-state index contributed by atoms with van der Waals surface area (Å²) in [5.74, 6) is 1.48. The number of methoxy groups -OCH3 is 1. The Morgan fingerprint density at radius 1 is 1.17 bits per heavy atom. The van der Waals surface area contributed by atoms with E-state index in [-0.39, 0.29) is 6.10 Å². The van der Waals surface area contributed by atoms with E-state index in [2.05, 4.69) is 0 Å². The van der Waals surface area contributed by atoms with Gasteiger partial charge in [-0.15, -0.1) is 0 Å². The van der Waals surface area contributed by atoms with Gasteiger partial charge in [0.25, 0.3) is 0 Å². The molecule has 128 valence electrons. The third-order valence-corrected chi connectivity index (χ3v) is 6.84. The second-order valence-electron chi connectivity index (χ2n) is 6.42. The van der Waals surface area contributed by atoms with Crippen molar-refractivity contribution in [2.75, 3.05) is 26.8 Å². The molecule has 0 spiro atoms. The number of benzene rings is 1. The molecule has 1 aliphatic carbocycles. The van der Waals surface area contributed by atoms with Crippen molar-refractivity contribution in [1.82, 2.24) is 4.31 Å². The summed E-state index contributed by atoms with van der Waals surface area (Å²) in [5.41, 5.74) is 0. The lowest BCUT2D eigenvalue weighted by Gasteiger charge is -2.20. The molecule has 0 radical (unpaired) electrons. The standard InChI is InChI=1S/C17H25NO4S/c1-3-10-22-14-5-7-15(8-6-14)23(19,20)18-11-13-4-9-17(21-2)16(13)12-18/h5-8,13,16-17H,3-4,9-12H2,1-2H3/t13-,16+,17-/m0/s1. The molecular weight excluding hydrogens is 314 g/mol. The highest BCUT2D eigenvalue weighted by Crippen LogP contribution is 2.41. The number of hydrogen-bond donors (Lipinski definition) is 0. The molecule has 1 aliphatic heterocycles. The minimum absolute atomic E-state index is 0.199. The fourth-order valence-corrected chi connectivity index (χ4v) is 5.27. The molecule has 1 heterocycles. The molecule has 2 fully saturated rings. The summed E-state index contributed by atoms with van der Waals surface area (Å²) >= 11 is 0. The van der Waals surface area contributed by atoms with Gasteiger partial charge < -0.3 is 9.47 Å². The molecule has 3 rings (SSSR count). The molecule has 1 saturated carbocycles. The minimum atomic E-state index is -3.43. The van der Waals surface area contributed by atoms with Gasteiger partial charge in [-0.05, 0) is 49.4 Å². The Morgan fingerprint density at radius 3 is 2.57 bits per heavy atom. The first kappa shape index (κ1) is 16.7. The third kappa shape index (κ3) is 3.25. The fraction of sp³-hybridized carbons (Fsp3) is 0.647. The normalized spacial score (nSPS) is 28.0. The molecule has 1 aromatic rings. The molecule has 5 nitrogen and oxygen atoms in total. The van der Waals surface area contributed by atoms with Crippen LogP contribution in [0.15, 0.2) is 29.2 Å². The second kappa shape index (κ2) is 6.79. The van der Waals surface area contributed by atoms with Crippen molar-refractivity contribution >= 4 is 10.0 Å². The number of nitrogens with zero attached hydrogens (tertiary/aromatic N) is 1. The smallest absolute Gasteiger partial charge is 0.243 e. The third-order valence-electron chi connectivity index (χ3n) is 4.99. The van der Waals surface area contributed by atoms with Gasteiger partial charge in [-0.2, -0.15) is 4.31 Å². The molecule has 23 heavy (non-hydrogen) atoms. The molecule has 6 heteroatoms. The van der Waals surface area contributed by atoms with Gasteiger partial charge in [0.15, 0.2) is 0 Å². The van der Waals surface area contributed by atoms with Crippen molar-refractivity contribution in [3.05, 3.63) is 24.3 Å². The number of fused-ring (bicyclic) bond motifs is 1. The second-order valence-corrected chi connectivity index (χ2v) is 8.36. The van der Waals surface area contributed by atoms with Crippen molar-refractivity contribution in [2.24, 2.45) is 11.8 Å². The number of hydrogen-bond acceptors (Lipinski definition) is 4. The number of sulfonamides is 1. The zero-order valence-electron chi connectivity index (χ0n) is 13.8. The van der Waals surface area contributed by atoms with Gasteiger partial charge in [-0.1, -0.05) is 6.92 Å². The van der Waals surface area contributed by atoms with E-state index >= 15 is 0 Å². The molecule has 0 unspecified atom stereocenters. The summed E-state index contributed by atoms with van der Waals surface area (Å²) < 4.78 is 38.3. The van der Waals surface area contributed by atoms with Gasteiger partial charge >= 0.3 is 0 Å². The SMILES string of the molecule is CCCOc1ccc(S(=O)(=O)N2C[C@@H]3CC[C@H](OC)[C@@H]3C2)cc1. The summed E-state index contributed by atoms with van der Waals surface area (Å²) in [6.07, 6.45) is 3.23. The Balaban J connectivity index is 1.72. The quantitative estimate of drug-likeness (QED) is 0.799. The highest BCUT2D eigenvalue weighted by atomic mass is 32.2. The zero-order valence-corrected chi connectivity index (χ0v) is 14.6. The first-order valence-electron chi connectivity index (χ1n) is 8.32. The molecule has 1 aromatic carbocycles. The van der Waals surface area contributed by atoms with E-state index in [1.165, 1.54) is 0 Å². The number of ether oxygens (including phenoxy) is 2. The van der Waals surface area contributed by atoms with E-state index in [1.807, 2.05) is 6.92 Å². The van der Waals surface area contributed by atoms with Crippen LogP contribution in [0.2, 0.25) is 0 Å². The van der Waals surface area contributed by atoms with Gasteiger partial charge in [0.2, 0.25) is 10.0 Å². The maximum absolute atomic E-state index is 12.8. The first-order valence-corrected chi connectivity index (χ1v) is 9.76. The van der Waals surface area contributed by atoms with Crippen molar-refractivity contribution in [3.8, 4) is 5.75 Å². The molecule has 2 aliphatic rings. The van der Waals surface area contributed by atoms with Crippen LogP contribution in [0.5, 0.6) is 5.75 Å². The summed E-state index contributed by atoms with van der Waals surface area (Å²) in [6.45, 7) is 3.86. The maximum Gasteiger partial charge on any atom is 0.243 e. The molecule has 3 atom stereocenters.